The van der Waals surface area contributed by atoms with Crippen LogP contribution < -0.4 is 10.9 Å². The van der Waals surface area contributed by atoms with Crippen LogP contribution in [0, 0.1) is 0 Å². The Kier molecular flexibility index (Phi) is 10.9. The molecule has 1 atom stereocenters. The summed E-state index contributed by atoms with van der Waals surface area (Å²) >= 11 is 2.71. The predicted octanol–water partition coefficient (Wildman–Crippen LogP) is 6.46. The van der Waals surface area contributed by atoms with E-state index in [0.29, 0.717) is 45.4 Å². The van der Waals surface area contributed by atoms with Gasteiger partial charge in [-0.3, -0.25) is 4.79 Å². The fourth-order valence-corrected chi connectivity index (χ4v) is 10.2. The van der Waals surface area contributed by atoms with E-state index >= 15 is 0 Å². The second-order valence-corrected chi connectivity index (χ2v) is 16.8. The normalized spacial score (nSPS) is 18.0. The summed E-state index contributed by atoms with van der Waals surface area (Å²) in [6.45, 7) is 1.77. The number of carbonyl (C=O) groups is 1. The summed E-state index contributed by atoms with van der Waals surface area (Å²) < 4.78 is 11.9. The van der Waals surface area contributed by atoms with Crippen molar-refractivity contribution in [2.45, 2.75) is 88.2 Å². The first kappa shape index (κ1) is 37.5. The smallest absolute Gasteiger partial charge is 0.349 e. The lowest BCUT2D eigenvalue weighted by atomic mass is 9.91. The van der Waals surface area contributed by atoms with E-state index in [-0.39, 0.29) is 17.4 Å². The van der Waals surface area contributed by atoms with Gasteiger partial charge in [-0.05, 0) is 135 Å². The van der Waals surface area contributed by atoms with Crippen molar-refractivity contribution in [3.8, 4) is 5.75 Å². The van der Waals surface area contributed by atoms with Crippen molar-refractivity contribution in [1.82, 2.24) is 20.4 Å². The van der Waals surface area contributed by atoms with E-state index < -0.39 is 17.7 Å². The number of nitrogens with one attached hydrogen (secondary N) is 2. The van der Waals surface area contributed by atoms with Gasteiger partial charge < -0.3 is 39.8 Å². The van der Waals surface area contributed by atoms with Gasteiger partial charge in [-0.1, -0.05) is 23.4 Å². The van der Waals surface area contributed by atoms with Crippen molar-refractivity contribution < 1.29 is 29.4 Å². The molecular weight excluding hydrogens is 737 g/mol. The number of aromatic nitrogens is 2. The summed E-state index contributed by atoms with van der Waals surface area (Å²) in [7, 11) is 2.17. The number of rotatable bonds is 14. The van der Waals surface area contributed by atoms with Crippen LogP contribution in [0.3, 0.4) is 0 Å². The average Bonchev–Trinajstić information content (AvgIpc) is 4.03. The molecule has 4 aromatic heterocycles. The Balaban J connectivity index is 0.842. The van der Waals surface area contributed by atoms with Gasteiger partial charge in [-0.25, -0.2) is 4.79 Å². The van der Waals surface area contributed by atoms with Gasteiger partial charge in [0.05, 0.1) is 27.1 Å². The van der Waals surface area contributed by atoms with E-state index in [4.69, 9.17) is 9.26 Å². The van der Waals surface area contributed by atoms with E-state index in [9.17, 15) is 24.9 Å². The van der Waals surface area contributed by atoms with Crippen LogP contribution in [0.5, 0.6) is 5.75 Å². The van der Waals surface area contributed by atoms with Gasteiger partial charge in [-0.2, -0.15) is 0 Å². The maximum atomic E-state index is 13.4. The highest BCUT2D eigenvalue weighted by Crippen LogP contribution is 2.39. The number of benzene rings is 2. The van der Waals surface area contributed by atoms with Crippen molar-refractivity contribution in [2.75, 3.05) is 20.1 Å². The number of ether oxygens (including phenoxy) is 1. The molecule has 8 rings (SSSR count). The van der Waals surface area contributed by atoms with Crippen LogP contribution in [-0.4, -0.2) is 68.6 Å². The van der Waals surface area contributed by atoms with E-state index in [1.165, 1.54) is 45.9 Å². The number of pyridine rings is 1. The third-order valence-corrected chi connectivity index (χ3v) is 13.4. The van der Waals surface area contributed by atoms with Gasteiger partial charge in [0.25, 0.3) is 0 Å². The zero-order chi connectivity index (χ0) is 38.1. The second-order valence-electron chi connectivity index (χ2n) is 14.9. The van der Waals surface area contributed by atoms with Crippen LogP contribution in [0.2, 0.25) is 0 Å². The molecule has 0 spiro atoms. The number of H-pyrrole nitrogens is 1. The molecule has 5 N–H and O–H groups in total. The van der Waals surface area contributed by atoms with E-state index in [2.05, 4.69) is 33.5 Å². The highest BCUT2D eigenvalue weighted by Gasteiger charge is 2.45. The monoisotopic (exact) mass is 782 g/mol. The van der Waals surface area contributed by atoms with Crippen molar-refractivity contribution in [2.24, 2.45) is 0 Å². The number of phenolic OH excluding ortho intramolecular Hbond substituents is 1. The number of nitrogens with zero attached hydrogens (tertiary/aromatic N) is 2. The molecule has 2 aliphatic carbocycles. The molecular formula is C42H46N4O7S2. The van der Waals surface area contributed by atoms with Crippen molar-refractivity contribution in [3.63, 3.8) is 0 Å². The average molecular weight is 783 g/mol. The van der Waals surface area contributed by atoms with Crippen LogP contribution in [0.25, 0.3) is 21.9 Å². The Bertz CT molecular complexity index is 2290. The Morgan fingerprint density at radius 2 is 1.82 bits per heavy atom. The lowest BCUT2D eigenvalue weighted by Crippen LogP contribution is -2.42. The summed E-state index contributed by atoms with van der Waals surface area (Å²) in [5, 5.41) is 46.3. The molecule has 6 aromatic rings. The SMILES string of the molecule is CN(CCCc1noc2cc(CNC[C@H](O)c3ccc(O)c4[nH]c(=O)ccc34)c3c(c12)CCC3)[C@H]1CC[C@H](OC(=O)C(O)(c2cccs2)c2cccs2)CC1. The van der Waals surface area contributed by atoms with Gasteiger partial charge in [0.1, 0.15) is 11.9 Å². The predicted molar refractivity (Wildman–Crippen MR) is 214 cm³/mol. The Hall–Kier alpha value is -4.37. The van der Waals surface area contributed by atoms with E-state index in [1.54, 1.807) is 24.3 Å². The number of hydrogen-bond donors (Lipinski definition) is 5. The lowest BCUT2D eigenvalue weighted by molar-refractivity contribution is -0.169. The number of carbonyl (C=O) groups excluding carboxylic acids is 1. The Morgan fingerprint density at radius 3 is 2.55 bits per heavy atom. The third kappa shape index (κ3) is 7.49. The Morgan fingerprint density at radius 1 is 1.07 bits per heavy atom. The zero-order valence-electron chi connectivity index (χ0n) is 30.8. The third-order valence-electron chi connectivity index (χ3n) is 11.4. The molecule has 0 bridgehead atoms. The zero-order valence-corrected chi connectivity index (χ0v) is 32.4. The molecule has 11 nitrogen and oxygen atoms in total. The molecule has 1 fully saturated rings. The molecule has 288 valence electrons. The van der Waals surface area contributed by atoms with Gasteiger partial charge in [0, 0.05) is 36.0 Å². The molecule has 1 saturated carbocycles. The topological polar surface area (TPSA) is 161 Å². The fraction of sp³-hybridized carbons (Fsp3) is 0.405. The number of aromatic hydroxyl groups is 1. The minimum Gasteiger partial charge on any atom is -0.506 e. The number of fused-ring (bicyclic) bond motifs is 4. The van der Waals surface area contributed by atoms with Crippen molar-refractivity contribution >= 4 is 50.5 Å². The molecule has 4 heterocycles. The van der Waals surface area contributed by atoms with Crippen LogP contribution in [0.4, 0.5) is 0 Å². The minimum absolute atomic E-state index is 0.0332. The number of esters is 1. The van der Waals surface area contributed by atoms with Gasteiger partial charge >= 0.3 is 5.97 Å². The molecule has 2 aliphatic rings. The number of aryl methyl sites for hydroxylation is 2. The number of aromatic amines is 1. The van der Waals surface area contributed by atoms with Gasteiger partial charge in [0.2, 0.25) is 11.2 Å². The maximum absolute atomic E-state index is 13.4. The van der Waals surface area contributed by atoms with Crippen molar-refractivity contribution in [3.05, 3.63) is 113 Å². The molecule has 0 amide bonds. The van der Waals surface area contributed by atoms with E-state index in [0.717, 1.165) is 86.6 Å². The number of aliphatic hydroxyl groups is 2. The highest BCUT2D eigenvalue weighted by molar-refractivity contribution is 7.12. The summed E-state index contributed by atoms with van der Waals surface area (Å²) in [5.74, 6) is -0.628. The van der Waals surface area contributed by atoms with Gasteiger partial charge in [0.15, 0.2) is 5.58 Å². The first-order chi connectivity index (χ1) is 26.7. The maximum Gasteiger partial charge on any atom is 0.349 e. The van der Waals surface area contributed by atoms with E-state index in [1.807, 2.05) is 22.9 Å². The number of aliphatic hydroxyl groups excluding tert-OH is 1. The summed E-state index contributed by atoms with van der Waals surface area (Å²) in [6, 6.07) is 15.9. The van der Waals surface area contributed by atoms with Crippen LogP contribution in [0.1, 0.15) is 82.3 Å². The van der Waals surface area contributed by atoms with Crippen molar-refractivity contribution in [1.29, 1.82) is 0 Å². The van der Waals surface area contributed by atoms with Crippen LogP contribution in [-0.2, 0) is 40.9 Å². The number of phenols is 1. The molecule has 0 saturated heterocycles. The largest absolute Gasteiger partial charge is 0.506 e. The summed E-state index contributed by atoms with van der Waals surface area (Å²) in [4.78, 5) is 31.5. The number of hydrogen-bond acceptors (Lipinski definition) is 12. The quantitative estimate of drug-likeness (QED) is 0.0776. The fourth-order valence-electron chi connectivity index (χ4n) is 8.52. The first-order valence-electron chi connectivity index (χ1n) is 19.1. The second kappa shape index (κ2) is 16.0. The minimum atomic E-state index is -1.78. The summed E-state index contributed by atoms with van der Waals surface area (Å²) in [5.41, 5.74) is 4.48. The molecule has 13 heteroatoms. The first-order valence-corrected chi connectivity index (χ1v) is 20.8. The Labute approximate surface area is 326 Å². The standard InChI is InChI=1S/C42H46N4O7S2/c1-46(26-11-13-27(14-12-26)52-41(50)42(51,36-9-4-20-54-36)37-10-5-21-55-37)19-3-8-32-39-30-7-2-6-28(30)25(22-35(39)53-45-32)23-43-24-34(48)29-15-17-33(47)40-31(29)16-18-38(49)44-40/h4-5,9-10,15-18,20-22,26-27,34,43,47-48,51H,2-3,6-8,11-14,19,23-24H2,1H3,(H,44,49)/t26-,27-,34-/m0/s1. The van der Waals surface area contributed by atoms with Crippen LogP contribution in [0.15, 0.2) is 74.7 Å². The molecule has 0 unspecified atom stereocenters. The highest BCUT2D eigenvalue weighted by atomic mass is 32.1. The van der Waals surface area contributed by atoms with Gasteiger partial charge in [-0.15, -0.1) is 22.7 Å². The molecule has 55 heavy (non-hydrogen) atoms. The van der Waals surface area contributed by atoms with Crippen LogP contribution >= 0.6 is 22.7 Å². The molecule has 2 aromatic carbocycles. The molecule has 0 radical (unpaired) electrons. The molecule has 0 aliphatic heterocycles. The lowest BCUT2D eigenvalue weighted by Gasteiger charge is -2.35. The summed E-state index contributed by atoms with van der Waals surface area (Å²) in [6.07, 6.45) is 7.13. The number of thiophene rings is 2.